The number of carbonyl (C=O) groups is 1. The molecule has 0 radical (unpaired) electrons. The third-order valence-electron chi connectivity index (χ3n) is 3.22. The number of hydrogen-bond donors (Lipinski definition) is 0. The van der Waals surface area contributed by atoms with Crippen LogP contribution in [0.3, 0.4) is 0 Å². The van der Waals surface area contributed by atoms with Crippen LogP contribution < -0.4 is 9.64 Å². The lowest BCUT2D eigenvalue weighted by atomic mass is 10.2. The van der Waals surface area contributed by atoms with Crippen molar-refractivity contribution in [3.63, 3.8) is 0 Å². The predicted octanol–water partition coefficient (Wildman–Crippen LogP) is 3.38. The zero-order valence-corrected chi connectivity index (χ0v) is 12.8. The van der Waals surface area contributed by atoms with Gasteiger partial charge in [0.25, 0.3) is 0 Å². The maximum absolute atomic E-state index is 12.1. The summed E-state index contributed by atoms with van der Waals surface area (Å²) in [6.07, 6.45) is -0.690. The molecule has 7 nitrogen and oxygen atoms in total. The van der Waals surface area contributed by atoms with E-state index in [1.165, 1.54) is 26.3 Å². The van der Waals surface area contributed by atoms with Crippen LogP contribution in [0.4, 0.5) is 16.2 Å². The van der Waals surface area contributed by atoms with E-state index in [1.807, 2.05) is 30.3 Å². The predicted molar refractivity (Wildman–Crippen MR) is 84.7 cm³/mol. The lowest BCUT2D eigenvalue weighted by molar-refractivity contribution is -0.385. The number of para-hydroxylation sites is 1. The van der Waals surface area contributed by atoms with Crippen molar-refractivity contribution in [2.75, 3.05) is 19.1 Å². The molecule has 23 heavy (non-hydrogen) atoms. The zero-order valence-electron chi connectivity index (χ0n) is 12.8. The van der Waals surface area contributed by atoms with Gasteiger partial charge in [-0.25, -0.2) is 4.79 Å². The van der Waals surface area contributed by atoms with Crippen molar-refractivity contribution in [2.45, 2.75) is 6.61 Å². The van der Waals surface area contributed by atoms with Crippen LogP contribution in [0, 0.1) is 10.1 Å². The molecule has 0 aliphatic heterocycles. The van der Waals surface area contributed by atoms with Gasteiger partial charge in [-0.2, -0.15) is 0 Å². The van der Waals surface area contributed by atoms with Gasteiger partial charge in [0.2, 0.25) is 0 Å². The fraction of sp³-hybridized carbons (Fsp3) is 0.188. The van der Waals surface area contributed by atoms with Gasteiger partial charge in [-0.05, 0) is 17.7 Å². The van der Waals surface area contributed by atoms with Crippen molar-refractivity contribution in [3.05, 3.63) is 64.2 Å². The standard InChI is InChI=1S/C16H16N2O5/c1-17(16(19)23-11-12-7-4-3-5-8-12)13-9-6-10-14(22-2)15(13)18(20)21/h3-10H,11H2,1-2H3. The molecule has 0 saturated carbocycles. The number of nitrogens with zero attached hydrogens (tertiary/aromatic N) is 2. The molecule has 1 amide bonds. The third-order valence-corrected chi connectivity index (χ3v) is 3.22. The Morgan fingerprint density at radius 2 is 1.87 bits per heavy atom. The Labute approximate surface area is 133 Å². The largest absolute Gasteiger partial charge is 0.490 e. The molecule has 0 saturated heterocycles. The number of ether oxygens (including phenoxy) is 2. The summed E-state index contributed by atoms with van der Waals surface area (Å²) in [6, 6.07) is 13.7. The highest BCUT2D eigenvalue weighted by Gasteiger charge is 2.26. The van der Waals surface area contributed by atoms with Crippen molar-refractivity contribution in [2.24, 2.45) is 0 Å². The molecule has 0 aromatic heterocycles. The molecule has 0 spiro atoms. The Morgan fingerprint density at radius 3 is 2.48 bits per heavy atom. The van der Waals surface area contributed by atoms with E-state index in [9.17, 15) is 14.9 Å². The molecule has 0 bridgehead atoms. The molecule has 7 heteroatoms. The Morgan fingerprint density at radius 1 is 1.17 bits per heavy atom. The number of methoxy groups -OCH3 is 1. The summed E-state index contributed by atoms with van der Waals surface area (Å²) >= 11 is 0. The van der Waals surface area contributed by atoms with Gasteiger partial charge in [-0.3, -0.25) is 15.0 Å². The molecule has 2 rings (SSSR count). The molecule has 120 valence electrons. The summed E-state index contributed by atoms with van der Waals surface area (Å²) < 4.78 is 10.2. The Bertz CT molecular complexity index is 703. The number of rotatable bonds is 5. The SMILES string of the molecule is COc1cccc(N(C)C(=O)OCc2ccccc2)c1[N+](=O)[O-]. The summed E-state index contributed by atoms with van der Waals surface area (Å²) in [4.78, 5) is 23.9. The van der Waals surface area contributed by atoms with Crippen molar-refractivity contribution in [1.29, 1.82) is 0 Å². The summed E-state index contributed by atoms with van der Waals surface area (Å²) in [7, 11) is 2.74. The maximum Gasteiger partial charge on any atom is 0.414 e. The Balaban J connectivity index is 2.18. The number of amides is 1. The minimum absolute atomic E-state index is 0.0789. The maximum atomic E-state index is 12.1. The minimum atomic E-state index is -0.690. The smallest absolute Gasteiger partial charge is 0.414 e. The molecule has 0 N–H and O–H groups in total. The van der Waals surface area contributed by atoms with E-state index in [0.717, 1.165) is 10.5 Å². The van der Waals surface area contributed by atoms with Gasteiger partial charge in [0.1, 0.15) is 12.3 Å². The van der Waals surface area contributed by atoms with Gasteiger partial charge in [0.05, 0.1) is 12.0 Å². The van der Waals surface area contributed by atoms with Gasteiger partial charge < -0.3 is 9.47 Å². The van der Waals surface area contributed by atoms with Crippen molar-refractivity contribution in [3.8, 4) is 5.75 Å². The van der Waals surface area contributed by atoms with Gasteiger partial charge in [-0.15, -0.1) is 0 Å². The van der Waals surface area contributed by atoms with Crippen LogP contribution >= 0.6 is 0 Å². The quantitative estimate of drug-likeness (QED) is 0.624. The monoisotopic (exact) mass is 316 g/mol. The molecule has 0 aliphatic carbocycles. The van der Waals surface area contributed by atoms with Crippen LogP contribution in [0.15, 0.2) is 48.5 Å². The topological polar surface area (TPSA) is 81.9 Å². The van der Waals surface area contributed by atoms with Crippen LogP contribution in [-0.4, -0.2) is 25.2 Å². The lowest BCUT2D eigenvalue weighted by Gasteiger charge is -2.18. The van der Waals surface area contributed by atoms with E-state index in [2.05, 4.69) is 0 Å². The van der Waals surface area contributed by atoms with E-state index >= 15 is 0 Å². The Kier molecular flexibility index (Phi) is 5.14. The van der Waals surface area contributed by atoms with Crippen LogP contribution in [0.1, 0.15) is 5.56 Å². The van der Waals surface area contributed by atoms with E-state index in [0.29, 0.717) is 0 Å². The molecule has 0 fully saturated rings. The van der Waals surface area contributed by atoms with E-state index in [1.54, 1.807) is 6.07 Å². The van der Waals surface area contributed by atoms with Crippen LogP contribution in [0.2, 0.25) is 0 Å². The highest BCUT2D eigenvalue weighted by atomic mass is 16.6. The first-order valence-corrected chi connectivity index (χ1v) is 6.80. The van der Waals surface area contributed by atoms with Gasteiger partial charge in [-0.1, -0.05) is 36.4 Å². The number of benzene rings is 2. The van der Waals surface area contributed by atoms with Crippen molar-refractivity contribution < 1.29 is 19.2 Å². The van der Waals surface area contributed by atoms with Crippen LogP contribution in [-0.2, 0) is 11.3 Å². The molecular formula is C16H16N2O5. The number of hydrogen-bond acceptors (Lipinski definition) is 5. The van der Waals surface area contributed by atoms with Crippen LogP contribution in [0.5, 0.6) is 5.75 Å². The van der Waals surface area contributed by atoms with E-state index in [4.69, 9.17) is 9.47 Å². The van der Waals surface area contributed by atoms with Crippen LogP contribution in [0.25, 0.3) is 0 Å². The normalized spacial score (nSPS) is 10.0. The molecule has 0 aliphatic rings. The number of nitro benzene ring substituents is 1. The fourth-order valence-corrected chi connectivity index (χ4v) is 2.04. The summed E-state index contributed by atoms with van der Waals surface area (Å²) in [5.74, 6) is 0.0789. The molecule has 2 aromatic carbocycles. The highest BCUT2D eigenvalue weighted by Crippen LogP contribution is 2.36. The van der Waals surface area contributed by atoms with Gasteiger partial charge in [0.15, 0.2) is 5.75 Å². The summed E-state index contributed by atoms with van der Waals surface area (Å²) in [5.41, 5.74) is 0.649. The second-order valence-electron chi connectivity index (χ2n) is 4.68. The summed E-state index contributed by atoms with van der Waals surface area (Å²) in [6.45, 7) is 0.0851. The van der Waals surface area contributed by atoms with E-state index in [-0.39, 0.29) is 23.7 Å². The van der Waals surface area contributed by atoms with Crippen molar-refractivity contribution >= 4 is 17.5 Å². The second kappa shape index (κ2) is 7.26. The average molecular weight is 316 g/mol. The molecule has 2 aromatic rings. The number of anilines is 1. The second-order valence-corrected chi connectivity index (χ2v) is 4.68. The average Bonchev–Trinajstić information content (AvgIpc) is 2.58. The third kappa shape index (κ3) is 3.76. The van der Waals surface area contributed by atoms with Crippen molar-refractivity contribution in [1.82, 2.24) is 0 Å². The Hall–Kier alpha value is -3.09. The van der Waals surface area contributed by atoms with Gasteiger partial charge >= 0.3 is 11.8 Å². The van der Waals surface area contributed by atoms with E-state index < -0.39 is 11.0 Å². The first-order valence-electron chi connectivity index (χ1n) is 6.80. The zero-order chi connectivity index (χ0) is 16.8. The number of carbonyl (C=O) groups excluding carboxylic acids is 1. The fourth-order valence-electron chi connectivity index (χ4n) is 2.04. The molecular weight excluding hydrogens is 300 g/mol. The minimum Gasteiger partial charge on any atom is -0.490 e. The van der Waals surface area contributed by atoms with Gasteiger partial charge in [0, 0.05) is 7.05 Å². The molecule has 0 heterocycles. The number of nitro groups is 1. The lowest BCUT2D eigenvalue weighted by Crippen LogP contribution is -2.27. The summed E-state index contributed by atoms with van der Waals surface area (Å²) in [5, 5.41) is 11.3. The highest BCUT2D eigenvalue weighted by molar-refractivity contribution is 5.91. The molecule has 0 unspecified atom stereocenters. The molecule has 0 atom stereocenters. The first kappa shape index (κ1) is 16.3. The first-order chi connectivity index (χ1) is 11.0.